The van der Waals surface area contributed by atoms with Gasteiger partial charge in [0.25, 0.3) is 5.69 Å². The van der Waals surface area contributed by atoms with Crippen molar-refractivity contribution < 1.29 is 23.9 Å². The van der Waals surface area contributed by atoms with Crippen LogP contribution in [0.4, 0.5) is 11.4 Å². The Morgan fingerprint density at radius 3 is 2.32 bits per heavy atom. The van der Waals surface area contributed by atoms with Gasteiger partial charge in [-0.15, -0.1) is 0 Å². The highest BCUT2D eigenvalue weighted by Crippen LogP contribution is 2.32. The van der Waals surface area contributed by atoms with Crippen molar-refractivity contribution in [3.63, 3.8) is 0 Å². The highest BCUT2D eigenvalue weighted by molar-refractivity contribution is 6.35. The number of nitro benzene ring substituents is 1. The first-order valence-corrected chi connectivity index (χ1v) is 10.6. The summed E-state index contributed by atoms with van der Waals surface area (Å²) in [6.07, 6.45) is 2.85. The molecule has 0 atom stereocenters. The second kappa shape index (κ2) is 11.4. The van der Waals surface area contributed by atoms with E-state index in [0.29, 0.717) is 38.4 Å². The molecule has 0 aliphatic rings. The molecule has 0 saturated carbocycles. The van der Waals surface area contributed by atoms with Gasteiger partial charge in [-0.1, -0.05) is 35.3 Å². The van der Waals surface area contributed by atoms with Crippen molar-refractivity contribution in [1.82, 2.24) is 0 Å². The van der Waals surface area contributed by atoms with Crippen molar-refractivity contribution in [3.05, 3.63) is 92.0 Å². The minimum atomic E-state index is -0.555. The molecule has 0 bridgehead atoms. The second-order valence-corrected chi connectivity index (χ2v) is 7.68. The first kappa shape index (κ1) is 24.9. The zero-order valence-electron chi connectivity index (χ0n) is 18.2. The van der Waals surface area contributed by atoms with Gasteiger partial charge in [0.1, 0.15) is 12.4 Å². The van der Waals surface area contributed by atoms with Crippen molar-refractivity contribution in [1.29, 1.82) is 0 Å². The van der Waals surface area contributed by atoms with Gasteiger partial charge in [-0.05, 0) is 42.0 Å². The van der Waals surface area contributed by atoms with E-state index in [-0.39, 0.29) is 18.0 Å². The molecule has 1 amide bonds. The van der Waals surface area contributed by atoms with Crippen LogP contribution in [0, 0.1) is 10.1 Å². The number of nitro groups is 1. The molecule has 3 aromatic carbocycles. The quantitative estimate of drug-likeness (QED) is 0.214. The Labute approximate surface area is 205 Å². The number of carbonyl (C=O) groups is 1. The monoisotopic (exact) mass is 502 g/mol. The molecular weight excluding hydrogens is 483 g/mol. The maximum atomic E-state index is 12.4. The molecule has 8 nitrogen and oxygen atoms in total. The van der Waals surface area contributed by atoms with Gasteiger partial charge in [0.05, 0.1) is 24.8 Å². The molecule has 0 heterocycles. The summed E-state index contributed by atoms with van der Waals surface area (Å²) in [6, 6.07) is 14.3. The van der Waals surface area contributed by atoms with E-state index in [4.69, 9.17) is 37.4 Å². The molecule has 0 saturated heterocycles. The van der Waals surface area contributed by atoms with Crippen molar-refractivity contribution >= 4 is 46.6 Å². The predicted molar refractivity (Wildman–Crippen MR) is 131 cm³/mol. The number of amides is 1. The Morgan fingerprint density at radius 1 is 1.00 bits per heavy atom. The largest absolute Gasteiger partial charge is 0.495 e. The van der Waals surface area contributed by atoms with E-state index in [0.717, 1.165) is 0 Å². The molecule has 0 spiro atoms. The average Bonchev–Trinajstić information content (AvgIpc) is 2.82. The lowest BCUT2D eigenvalue weighted by atomic mass is 10.1. The van der Waals surface area contributed by atoms with E-state index >= 15 is 0 Å². The zero-order chi connectivity index (χ0) is 24.7. The first-order valence-electron chi connectivity index (χ1n) is 9.87. The summed E-state index contributed by atoms with van der Waals surface area (Å²) >= 11 is 12.4. The summed E-state index contributed by atoms with van der Waals surface area (Å²) in [6.45, 7) is 0.150. The van der Waals surface area contributed by atoms with Gasteiger partial charge in [0, 0.05) is 33.8 Å². The van der Waals surface area contributed by atoms with Crippen LogP contribution in [0.1, 0.15) is 11.1 Å². The van der Waals surface area contributed by atoms with Crippen molar-refractivity contribution in [2.45, 2.75) is 6.61 Å². The smallest absolute Gasteiger partial charge is 0.271 e. The number of hydrogen-bond donors (Lipinski definition) is 1. The highest BCUT2D eigenvalue weighted by atomic mass is 35.5. The molecule has 0 aliphatic heterocycles. The minimum Gasteiger partial charge on any atom is -0.495 e. The molecule has 0 unspecified atom stereocenters. The number of carbonyl (C=O) groups excluding carboxylic acids is 1. The molecule has 10 heteroatoms. The standard InChI is InChI=1S/C24H20Cl2N2O6/c1-32-21-10-8-16(28(30)31)13-20(21)27-24(29)11-7-15-6-9-22(23(12-15)33-2)34-14-17-18(25)4-3-5-19(17)26/h3-13H,14H2,1-2H3,(H,27,29). The van der Waals surface area contributed by atoms with E-state index < -0.39 is 10.8 Å². The van der Waals surface area contributed by atoms with E-state index in [9.17, 15) is 14.9 Å². The molecular formula is C24H20Cl2N2O6. The van der Waals surface area contributed by atoms with Crippen LogP contribution in [0.5, 0.6) is 17.2 Å². The van der Waals surface area contributed by atoms with Crippen LogP contribution in [0.25, 0.3) is 6.08 Å². The third-order valence-corrected chi connectivity index (χ3v) is 5.41. The number of halogens is 2. The van der Waals surface area contributed by atoms with Crippen LogP contribution in [-0.2, 0) is 11.4 Å². The molecule has 3 aromatic rings. The third-order valence-electron chi connectivity index (χ3n) is 4.70. The number of nitrogens with zero attached hydrogens (tertiary/aromatic N) is 1. The number of methoxy groups -OCH3 is 2. The fraction of sp³-hybridized carbons (Fsp3) is 0.125. The summed E-state index contributed by atoms with van der Waals surface area (Å²) in [5.41, 5.74) is 1.34. The number of ether oxygens (including phenoxy) is 3. The molecule has 0 aliphatic carbocycles. The van der Waals surface area contributed by atoms with Gasteiger partial charge in [0.15, 0.2) is 11.5 Å². The predicted octanol–water partition coefficient (Wildman–Crippen LogP) is 6.15. The molecule has 0 fully saturated rings. The number of benzene rings is 3. The Morgan fingerprint density at radius 2 is 1.68 bits per heavy atom. The Kier molecular flexibility index (Phi) is 8.34. The van der Waals surface area contributed by atoms with Crippen LogP contribution in [0.15, 0.2) is 60.7 Å². The maximum Gasteiger partial charge on any atom is 0.271 e. The zero-order valence-corrected chi connectivity index (χ0v) is 19.7. The lowest BCUT2D eigenvalue weighted by Gasteiger charge is -2.13. The Hall–Kier alpha value is -3.75. The molecule has 0 radical (unpaired) electrons. The SMILES string of the molecule is COc1ccc([N+](=O)[O-])cc1NC(=O)C=Cc1ccc(OCc2c(Cl)cccc2Cl)c(OC)c1. The number of rotatable bonds is 9. The van der Waals surface area contributed by atoms with Crippen molar-refractivity contribution in [2.24, 2.45) is 0 Å². The summed E-state index contributed by atoms with van der Waals surface area (Å²) in [5, 5.41) is 14.6. The molecule has 34 heavy (non-hydrogen) atoms. The topological polar surface area (TPSA) is 99.9 Å². The molecule has 176 valence electrons. The van der Waals surface area contributed by atoms with E-state index in [1.807, 2.05) is 0 Å². The highest BCUT2D eigenvalue weighted by Gasteiger charge is 2.13. The van der Waals surface area contributed by atoms with Gasteiger partial charge in [-0.25, -0.2) is 0 Å². The van der Waals surface area contributed by atoms with Gasteiger partial charge < -0.3 is 19.5 Å². The van der Waals surface area contributed by atoms with Crippen molar-refractivity contribution in [3.8, 4) is 17.2 Å². The van der Waals surface area contributed by atoms with E-state index in [2.05, 4.69) is 5.32 Å². The number of nitrogens with one attached hydrogen (secondary N) is 1. The van der Waals surface area contributed by atoms with Gasteiger partial charge in [0.2, 0.25) is 5.91 Å². The second-order valence-electron chi connectivity index (χ2n) is 6.86. The fourth-order valence-corrected chi connectivity index (χ4v) is 3.49. The lowest BCUT2D eigenvalue weighted by Crippen LogP contribution is -2.09. The minimum absolute atomic E-state index is 0.150. The molecule has 3 rings (SSSR count). The normalized spacial score (nSPS) is 10.7. The number of anilines is 1. The number of non-ortho nitro benzene ring substituents is 1. The van der Waals surface area contributed by atoms with E-state index in [1.165, 1.54) is 38.5 Å². The number of hydrogen-bond acceptors (Lipinski definition) is 6. The van der Waals surface area contributed by atoms with Crippen LogP contribution in [0.2, 0.25) is 10.0 Å². The van der Waals surface area contributed by atoms with Crippen LogP contribution < -0.4 is 19.5 Å². The van der Waals surface area contributed by atoms with Gasteiger partial charge in [-0.3, -0.25) is 14.9 Å². The molecule has 0 aromatic heterocycles. The van der Waals surface area contributed by atoms with Crippen LogP contribution in [0.3, 0.4) is 0 Å². The Bertz CT molecular complexity index is 1230. The van der Waals surface area contributed by atoms with Gasteiger partial charge in [-0.2, -0.15) is 0 Å². The average molecular weight is 503 g/mol. The Balaban J connectivity index is 1.71. The third kappa shape index (κ3) is 6.18. The van der Waals surface area contributed by atoms with Crippen LogP contribution >= 0.6 is 23.2 Å². The summed E-state index contributed by atoms with van der Waals surface area (Å²) in [5.74, 6) is 0.730. The molecule has 1 N–H and O–H groups in total. The summed E-state index contributed by atoms with van der Waals surface area (Å²) in [4.78, 5) is 22.8. The van der Waals surface area contributed by atoms with Crippen LogP contribution in [-0.4, -0.2) is 25.1 Å². The maximum absolute atomic E-state index is 12.4. The first-order chi connectivity index (χ1) is 16.3. The summed E-state index contributed by atoms with van der Waals surface area (Å²) < 4.78 is 16.4. The summed E-state index contributed by atoms with van der Waals surface area (Å²) in [7, 11) is 2.90. The van der Waals surface area contributed by atoms with Crippen molar-refractivity contribution in [2.75, 3.05) is 19.5 Å². The lowest BCUT2D eigenvalue weighted by molar-refractivity contribution is -0.384. The fourth-order valence-electron chi connectivity index (χ4n) is 2.98. The van der Waals surface area contributed by atoms with Gasteiger partial charge >= 0.3 is 0 Å². The van der Waals surface area contributed by atoms with E-state index in [1.54, 1.807) is 42.5 Å².